The minimum absolute atomic E-state index is 0.623. The second-order valence-electron chi connectivity index (χ2n) is 5.42. The molecule has 0 saturated carbocycles. The van der Waals surface area contributed by atoms with Crippen molar-refractivity contribution in [1.29, 1.82) is 0 Å². The third-order valence-corrected chi connectivity index (χ3v) is 3.80. The lowest BCUT2D eigenvalue weighted by Gasteiger charge is -2.04. The zero-order valence-electron chi connectivity index (χ0n) is 13.3. The van der Waals surface area contributed by atoms with Crippen LogP contribution in [0.1, 0.15) is 5.56 Å². The Morgan fingerprint density at radius 3 is 3.04 bits per heavy atom. The largest absolute Gasteiger partial charge is 0.383 e. The van der Waals surface area contributed by atoms with Gasteiger partial charge in [0.05, 0.1) is 19.3 Å². The van der Waals surface area contributed by atoms with Crippen molar-refractivity contribution in [2.24, 2.45) is 0 Å². The predicted octanol–water partition coefficient (Wildman–Crippen LogP) is 1.71. The van der Waals surface area contributed by atoms with Crippen LogP contribution in [0.4, 0.5) is 0 Å². The molecule has 0 spiro atoms. The molecule has 4 heterocycles. The van der Waals surface area contributed by atoms with Gasteiger partial charge in [0, 0.05) is 38.4 Å². The van der Waals surface area contributed by atoms with Gasteiger partial charge in [0.25, 0.3) is 0 Å². The Morgan fingerprint density at radius 2 is 2.21 bits per heavy atom. The van der Waals surface area contributed by atoms with Crippen molar-refractivity contribution in [3.8, 4) is 11.6 Å². The number of aromatic amines is 1. The summed E-state index contributed by atoms with van der Waals surface area (Å²) in [7, 11) is 1.69. The molecule has 1 N–H and O–H groups in total. The summed E-state index contributed by atoms with van der Waals surface area (Å²) in [4.78, 5) is 16.5. The molecule has 4 aromatic rings. The highest BCUT2D eigenvalue weighted by Crippen LogP contribution is 2.19. The summed E-state index contributed by atoms with van der Waals surface area (Å²) in [5.41, 5.74) is 2.76. The van der Waals surface area contributed by atoms with Gasteiger partial charge in [-0.05, 0) is 11.6 Å². The molecule has 0 aliphatic rings. The van der Waals surface area contributed by atoms with E-state index in [2.05, 4.69) is 25.0 Å². The zero-order valence-corrected chi connectivity index (χ0v) is 13.3. The second kappa shape index (κ2) is 6.25. The van der Waals surface area contributed by atoms with Crippen LogP contribution in [0.5, 0.6) is 0 Å². The van der Waals surface area contributed by atoms with Crippen LogP contribution < -0.4 is 0 Å². The Hall–Kier alpha value is -3.00. The standard InChI is InChI=1S/C16H17N7O/c1-24-8-7-22-6-5-18-16(22)14-20-13-10-19-23(15(13)21-14)11-12-3-2-4-17-9-12/h2-6,9-10H,7-8,11H2,1H3,(H,20,21). The van der Waals surface area contributed by atoms with Gasteiger partial charge >= 0.3 is 0 Å². The number of aromatic nitrogens is 7. The van der Waals surface area contributed by atoms with Crippen LogP contribution in [-0.2, 0) is 17.8 Å². The molecule has 0 aliphatic heterocycles. The van der Waals surface area contributed by atoms with Crippen LogP contribution in [0.2, 0.25) is 0 Å². The molecule has 122 valence electrons. The summed E-state index contributed by atoms with van der Waals surface area (Å²) >= 11 is 0. The number of nitrogens with zero attached hydrogens (tertiary/aromatic N) is 6. The Morgan fingerprint density at radius 1 is 1.25 bits per heavy atom. The Kier molecular flexibility index (Phi) is 3.80. The van der Waals surface area contributed by atoms with Crippen molar-refractivity contribution in [3.05, 3.63) is 48.7 Å². The molecule has 0 radical (unpaired) electrons. The molecule has 4 rings (SSSR count). The van der Waals surface area contributed by atoms with Crippen molar-refractivity contribution in [2.75, 3.05) is 13.7 Å². The quantitative estimate of drug-likeness (QED) is 0.584. The number of hydrogen-bond donors (Lipinski definition) is 1. The molecule has 0 aromatic carbocycles. The lowest BCUT2D eigenvalue weighted by Crippen LogP contribution is -2.06. The monoisotopic (exact) mass is 323 g/mol. The fourth-order valence-electron chi connectivity index (χ4n) is 2.63. The fourth-order valence-corrected chi connectivity index (χ4v) is 2.63. The average Bonchev–Trinajstić information content (AvgIpc) is 3.30. The van der Waals surface area contributed by atoms with E-state index >= 15 is 0 Å². The first-order valence-corrected chi connectivity index (χ1v) is 7.66. The van der Waals surface area contributed by atoms with E-state index in [1.807, 2.05) is 33.8 Å². The van der Waals surface area contributed by atoms with Gasteiger partial charge in [-0.3, -0.25) is 4.98 Å². The number of imidazole rings is 2. The van der Waals surface area contributed by atoms with Crippen molar-refractivity contribution in [1.82, 2.24) is 34.3 Å². The van der Waals surface area contributed by atoms with Crippen LogP contribution >= 0.6 is 0 Å². The summed E-state index contributed by atoms with van der Waals surface area (Å²) in [6.07, 6.45) is 9.06. The number of hydrogen-bond acceptors (Lipinski definition) is 5. The number of ether oxygens (including phenoxy) is 1. The van der Waals surface area contributed by atoms with E-state index in [1.54, 1.807) is 25.7 Å². The van der Waals surface area contributed by atoms with Gasteiger partial charge in [0.2, 0.25) is 0 Å². The first-order chi connectivity index (χ1) is 11.8. The smallest absolute Gasteiger partial charge is 0.177 e. The third kappa shape index (κ3) is 2.67. The molecule has 8 heteroatoms. The van der Waals surface area contributed by atoms with Gasteiger partial charge in [-0.2, -0.15) is 5.10 Å². The van der Waals surface area contributed by atoms with E-state index in [0.717, 1.165) is 34.9 Å². The fraction of sp³-hybridized carbons (Fsp3) is 0.250. The summed E-state index contributed by atoms with van der Waals surface area (Å²) in [5, 5.41) is 4.39. The van der Waals surface area contributed by atoms with Gasteiger partial charge < -0.3 is 14.3 Å². The van der Waals surface area contributed by atoms with Gasteiger partial charge in [-0.15, -0.1) is 0 Å². The maximum absolute atomic E-state index is 5.14. The van der Waals surface area contributed by atoms with E-state index in [9.17, 15) is 0 Å². The molecule has 24 heavy (non-hydrogen) atoms. The number of rotatable bonds is 6. The number of nitrogens with one attached hydrogen (secondary N) is 1. The van der Waals surface area contributed by atoms with Crippen LogP contribution in [0.3, 0.4) is 0 Å². The minimum atomic E-state index is 0.623. The van der Waals surface area contributed by atoms with Crippen LogP contribution in [-0.4, -0.2) is 48.0 Å². The molecular formula is C16H17N7O. The number of H-pyrrole nitrogens is 1. The Balaban J connectivity index is 1.66. The molecule has 0 unspecified atom stereocenters. The highest BCUT2D eigenvalue weighted by atomic mass is 16.5. The second-order valence-corrected chi connectivity index (χ2v) is 5.42. The molecule has 0 atom stereocenters. The molecule has 0 aliphatic carbocycles. The van der Waals surface area contributed by atoms with Crippen LogP contribution in [0.15, 0.2) is 43.1 Å². The van der Waals surface area contributed by atoms with E-state index < -0.39 is 0 Å². The first kappa shape index (κ1) is 14.6. The minimum Gasteiger partial charge on any atom is -0.383 e. The third-order valence-electron chi connectivity index (χ3n) is 3.80. The van der Waals surface area contributed by atoms with E-state index in [-0.39, 0.29) is 0 Å². The number of methoxy groups -OCH3 is 1. The van der Waals surface area contributed by atoms with Crippen molar-refractivity contribution in [3.63, 3.8) is 0 Å². The first-order valence-electron chi connectivity index (χ1n) is 7.66. The lowest BCUT2D eigenvalue weighted by molar-refractivity contribution is 0.187. The maximum atomic E-state index is 5.14. The zero-order chi connectivity index (χ0) is 16.4. The highest BCUT2D eigenvalue weighted by molar-refractivity contribution is 5.74. The highest BCUT2D eigenvalue weighted by Gasteiger charge is 2.14. The summed E-state index contributed by atoms with van der Waals surface area (Å²) in [6, 6.07) is 3.93. The van der Waals surface area contributed by atoms with E-state index in [1.165, 1.54) is 0 Å². The van der Waals surface area contributed by atoms with Gasteiger partial charge in [-0.25, -0.2) is 14.6 Å². The summed E-state index contributed by atoms with van der Waals surface area (Å²) < 4.78 is 9.01. The molecule has 8 nitrogen and oxygen atoms in total. The van der Waals surface area contributed by atoms with E-state index in [4.69, 9.17) is 4.74 Å². The summed E-state index contributed by atoms with van der Waals surface area (Å²) in [6.45, 7) is 1.98. The van der Waals surface area contributed by atoms with Crippen molar-refractivity contribution in [2.45, 2.75) is 13.1 Å². The van der Waals surface area contributed by atoms with Crippen molar-refractivity contribution >= 4 is 11.2 Å². The lowest BCUT2D eigenvalue weighted by atomic mass is 10.3. The normalized spacial score (nSPS) is 11.4. The molecule has 0 amide bonds. The number of fused-ring (bicyclic) bond motifs is 1. The Labute approximate surface area is 138 Å². The van der Waals surface area contributed by atoms with Crippen molar-refractivity contribution < 1.29 is 4.74 Å². The van der Waals surface area contributed by atoms with Gasteiger partial charge in [-0.1, -0.05) is 6.07 Å². The predicted molar refractivity (Wildman–Crippen MR) is 88.3 cm³/mol. The van der Waals surface area contributed by atoms with Crippen LogP contribution in [0, 0.1) is 0 Å². The Bertz CT molecular complexity index is 938. The molecule has 4 aromatic heterocycles. The molecule has 0 bridgehead atoms. The molecule has 0 fully saturated rings. The molecular weight excluding hydrogens is 306 g/mol. The van der Waals surface area contributed by atoms with Gasteiger partial charge in [0.15, 0.2) is 17.3 Å². The number of pyridine rings is 1. The van der Waals surface area contributed by atoms with E-state index in [0.29, 0.717) is 13.2 Å². The average molecular weight is 323 g/mol. The SMILES string of the molecule is COCCn1ccnc1-c1nc2c(cnn2Cc2cccnc2)[nH]1. The maximum Gasteiger partial charge on any atom is 0.177 e. The summed E-state index contributed by atoms with van der Waals surface area (Å²) in [5.74, 6) is 1.51. The van der Waals surface area contributed by atoms with Crippen LogP contribution in [0.25, 0.3) is 22.8 Å². The topological polar surface area (TPSA) is 86.4 Å². The molecule has 0 saturated heterocycles. The van der Waals surface area contributed by atoms with Gasteiger partial charge in [0.1, 0.15) is 5.52 Å².